The lowest BCUT2D eigenvalue weighted by Crippen LogP contribution is -2.39. The average molecular weight is 516 g/mol. The van der Waals surface area contributed by atoms with E-state index in [-0.39, 0.29) is 24.0 Å². The van der Waals surface area contributed by atoms with Crippen LogP contribution in [0.1, 0.15) is 31.6 Å². The predicted octanol–water partition coefficient (Wildman–Crippen LogP) is 4.05. The third-order valence-electron chi connectivity index (χ3n) is 4.35. The summed E-state index contributed by atoms with van der Waals surface area (Å²) in [5, 5.41) is 19.2. The van der Waals surface area contributed by atoms with Crippen molar-refractivity contribution in [2.45, 2.75) is 32.3 Å². The molecular formula is C21H33IN4OS. The highest BCUT2D eigenvalue weighted by molar-refractivity contribution is 14.0. The van der Waals surface area contributed by atoms with E-state index in [1.165, 1.54) is 5.69 Å². The second-order valence-electron chi connectivity index (χ2n) is 6.84. The van der Waals surface area contributed by atoms with Crippen LogP contribution >= 0.6 is 35.3 Å². The highest BCUT2D eigenvalue weighted by Gasteiger charge is 2.23. The van der Waals surface area contributed by atoms with Crippen molar-refractivity contribution in [1.82, 2.24) is 10.6 Å². The molecule has 0 aliphatic carbocycles. The third-order valence-corrected chi connectivity index (χ3v) is 5.47. The van der Waals surface area contributed by atoms with Gasteiger partial charge in [0.1, 0.15) is 5.60 Å². The van der Waals surface area contributed by atoms with Crippen molar-refractivity contribution < 1.29 is 5.11 Å². The number of hydrogen-bond donors (Lipinski definition) is 3. The first-order chi connectivity index (χ1) is 13.0. The number of aliphatic hydroxyl groups is 1. The Labute approximate surface area is 190 Å². The maximum absolute atomic E-state index is 10.6. The Kier molecular flexibility index (Phi) is 11.5. The fraction of sp³-hybridized carbons (Fsp3) is 0.476. The number of guanidine groups is 1. The van der Waals surface area contributed by atoms with Gasteiger partial charge >= 0.3 is 0 Å². The minimum Gasteiger partial charge on any atom is -0.383 e. The van der Waals surface area contributed by atoms with E-state index in [0.29, 0.717) is 6.54 Å². The Hall–Kier alpha value is -1.32. The van der Waals surface area contributed by atoms with Crippen molar-refractivity contribution in [1.29, 1.82) is 0 Å². The minimum absolute atomic E-state index is 0. The molecule has 5 nitrogen and oxygen atoms in total. The molecule has 156 valence electrons. The zero-order chi connectivity index (χ0) is 19.5. The molecule has 0 saturated carbocycles. The number of benzene rings is 1. The molecule has 0 fully saturated rings. The predicted molar refractivity (Wildman–Crippen MR) is 132 cm³/mol. The Balaban J connectivity index is 0.00000392. The van der Waals surface area contributed by atoms with Gasteiger partial charge in [0.2, 0.25) is 0 Å². The van der Waals surface area contributed by atoms with Gasteiger partial charge in [0.25, 0.3) is 0 Å². The molecule has 28 heavy (non-hydrogen) atoms. The van der Waals surface area contributed by atoms with Gasteiger partial charge in [-0.1, -0.05) is 24.3 Å². The first-order valence-electron chi connectivity index (χ1n) is 9.57. The van der Waals surface area contributed by atoms with Gasteiger partial charge < -0.3 is 20.6 Å². The molecule has 0 saturated heterocycles. The summed E-state index contributed by atoms with van der Waals surface area (Å²) in [5.41, 5.74) is 0.311. The van der Waals surface area contributed by atoms with Crippen LogP contribution in [-0.4, -0.2) is 44.3 Å². The van der Waals surface area contributed by atoms with Crippen molar-refractivity contribution in [3.63, 3.8) is 0 Å². The van der Waals surface area contributed by atoms with Gasteiger partial charge in [-0.3, -0.25) is 0 Å². The molecular weight excluding hydrogens is 483 g/mol. The van der Waals surface area contributed by atoms with Gasteiger partial charge in [-0.25, -0.2) is 4.99 Å². The zero-order valence-electron chi connectivity index (χ0n) is 17.0. The number of nitrogens with zero attached hydrogens (tertiary/aromatic N) is 2. The van der Waals surface area contributed by atoms with Crippen LogP contribution in [0.3, 0.4) is 0 Å². The van der Waals surface area contributed by atoms with Crippen LogP contribution in [0.4, 0.5) is 5.69 Å². The molecule has 1 aromatic carbocycles. The third kappa shape index (κ3) is 8.36. The summed E-state index contributed by atoms with van der Waals surface area (Å²) in [6, 6.07) is 14.3. The van der Waals surface area contributed by atoms with Crippen LogP contribution in [0.15, 0.2) is 52.8 Å². The van der Waals surface area contributed by atoms with E-state index in [9.17, 15) is 5.11 Å². The molecule has 1 unspecified atom stereocenters. The number of aliphatic imine (C=N–C) groups is 1. The first kappa shape index (κ1) is 24.7. The Morgan fingerprint density at radius 1 is 1.14 bits per heavy atom. The van der Waals surface area contributed by atoms with Crippen LogP contribution in [-0.2, 0) is 5.60 Å². The summed E-state index contributed by atoms with van der Waals surface area (Å²) in [7, 11) is 2.13. The summed E-state index contributed by atoms with van der Waals surface area (Å²) < 4.78 is 0. The number of rotatable bonds is 10. The number of unbranched alkanes of at least 4 members (excludes halogenated alkanes) is 1. The normalized spacial score (nSPS) is 13.4. The second-order valence-corrected chi connectivity index (χ2v) is 7.79. The average Bonchev–Trinajstić information content (AvgIpc) is 3.22. The Morgan fingerprint density at radius 3 is 2.54 bits per heavy atom. The first-order valence-corrected chi connectivity index (χ1v) is 10.5. The molecule has 0 spiro atoms. The number of halogens is 1. The van der Waals surface area contributed by atoms with E-state index in [4.69, 9.17) is 0 Å². The Morgan fingerprint density at radius 2 is 1.89 bits per heavy atom. The van der Waals surface area contributed by atoms with Crippen LogP contribution in [0.2, 0.25) is 0 Å². The van der Waals surface area contributed by atoms with E-state index in [1.54, 1.807) is 11.3 Å². The maximum Gasteiger partial charge on any atom is 0.191 e. The topological polar surface area (TPSA) is 59.9 Å². The Bertz CT molecular complexity index is 677. The minimum atomic E-state index is -0.936. The molecule has 2 rings (SSSR count). The molecule has 0 amide bonds. The zero-order valence-corrected chi connectivity index (χ0v) is 20.2. The summed E-state index contributed by atoms with van der Waals surface area (Å²) >= 11 is 1.56. The summed E-state index contributed by atoms with van der Waals surface area (Å²) in [6.45, 7) is 6.86. The molecule has 0 bridgehead atoms. The maximum atomic E-state index is 10.6. The molecule has 1 atom stereocenters. The number of hydrogen-bond acceptors (Lipinski definition) is 4. The molecule has 0 aliphatic rings. The van der Waals surface area contributed by atoms with E-state index < -0.39 is 5.60 Å². The second kappa shape index (κ2) is 13.0. The quantitative estimate of drug-likeness (QED) is 0.193. The number of nitrogens with one attached hydrogen (secondary N) is 2. The molecule has 3 N–H and O–H groups in total. The molecule has 0 radical (unpaired) electrons. The fourth-order valence-electron chi connectivity index (χ4n) is 2.73. The monoisotopic (exact) mass is 516 g/mol. The summed E-state index contributed by atoms with van der Waals surface area (Å²) in [6.07, 6.45) is 2.16. The molecule has 1 aromatic heterocycles. The van der Waals surface area contributed by atoms with Gasteiger partial charge in [-0.15, -0.1) is 35.3 Å². The van der Waals surface area contributed by atoms with Crippen LogP contribution in [0, 0.1) is 0 Å². The van der Waals surface area contributed by atoms with Crippen molar-refractivity contribution in [3.05, 3.63) is 52.7 Å². The molecule has 7 heteroatoms. The van der Waals surface area contributed by atoms with E-state index in [0.717, 1.165) is 43.3 Å². The highest BCUT2D eigenvalue weighted by atomic mass is 127. The van der Waals surface area contributed by atoms with E-state index >= 15 is 0 Å². The van der Waals surface area contributed by atoms with E-state index in [1.807, 2.05) is 37.4 Å². The molecule has 1 heterocycles. The van der Waals surface area contributed by atoms with Crippen molar-refractivity contribution >= 4 is 47.0 Å². The number of para-hydroxylation sites is 1. The standard InChI is InChI=1S/C21H32N4OS.HI/c1-4-22-20(24-17-21(2,26)19-13-10-16-27-19)23-14-8-9-15-25(3)18-11-6-5-7-12-18;/h5-7,10-13,16,26H,4,8-9,14-15,17H2,1-3H3,(H2,22,23,24);1H. The van der Waals surface area contributed by atoms with Gasteiger partial charge in [0.05, 0.1) is 6.54 Å². The van der Waals surface area contributed by atoms with Gasteiger partial charge in [0, 0.05) is 37.2 Å². The molecule has 0 aliphatic heterocycles. The van der Waals surface area contributed by atoms with Crippen molar-refractivity contribution in [2.24, 2.45) is 4.99 Å². The lowest BCUT2D eigenvalue weighted by molar-refractivity contribution is 0.0711. The highest BCUT2D eigenvalue weighted by Crippen LogP contribution is 2.25. The van der Waals surface area contributed by atoms with Crippen molar-refractivity contribution in [2.75, 3.05) is 38.1 Å². The van der Waals surface area contributed by atoms with Crippen LogP contribution < -0.4 is 15.5 Å². The van der Waals surface area contributed by atoms with Crippen molar-refractivity contribution in [3.8, 4) is 0 Å². The lowest BCUT2D eigenvalue weighted by Gasteiger charge is -2.21. The fourth-order valence-corrected chi connectivity index (χ4v) is 3.51. The smallest absolute Gasteiger partial charge is 0.191 e. The number of anilines is 1. The van der Waals surface area contributed by atoms with E-state index in [2.05, 4.69) is 51.8 Å². The lowest BCUT2D eigenvalue weighted by atomic mass is 10.1. The van der Waals surface area contributed by atoms with Gasteiger partial charge in [-0.2, -0.15) is 0 Å². The molecule has 2 aromatic rings. The summed E-state index contributed by atoms with van der Waals surface area (Å²) in [4.78, 5) is 7.77. The van der Waals surface area contributed by atoms with Crippen LogP contribution in [0.25, 0.3) is 0 Å². The van der Waals surface area contributed by atoms with Crippen LogP contribution in [0.5, 0.6) is 0 Å². The summed E-state index contributed by atoms with van der Waals surface area (Å²) in [5.74, 6) is 0.755. The largest absolute Gasteiger partial charge is 0.383 e. The SMILES string of the molecule is CCNC(=NCC(C)(O)c1cccs1)NCCCCN(C)c1ccccc1.I. The van der Waals surface area contributed by atoms with Gasteiger partial charge in [-0.05, 0) is 50.3 Å². The number of thiophene rings is 1. The van der Waals surface area contributed by atoms with Gasteiger partial charge in [0.15, 0.2) is 5.96 Å².